The van der Waals surface area contributed by atoms with E-state index >= 15 is 0 Å². The summed E-state index contributed by atoms with van der Waals surface area (Å²) >= 11 is 0. The van der Waals surface area contributed by atoms with Crippen LogP contribution in [0.1, 0.15) is 55.8 Å². The summed E-state index contributed by atoms with van der Waals surface area (Å²) in [7, 11) is 0. The molecule has 0 fully saturated rings. The Labute approximate surface area is 149 Å². The average molecular weight is 366 g/mol. The standard InChI is InChI=1S/C19H21F3N2O2/c1-2-3-8-17(25)23-14-10-12(9-13(11-14)19(20,21)22)18-15-6-4-5-7-16(15)24-26-18/h9-11H,2-8H2,1H3,(H,23,25). The lowest BCUT2D eigenvalue weighted by molar-refractivity contribution is -0.137. The number of aryl methyl sites for hydroxylation is 1. The number of rotatable bonds is 5. The SMILES string of the molecule is CCCCC(=O)Nc1cc(-c2onc3c2CCCC3)cc(C(F)(F)F)c1. The number of anilines is 1. The predicted octanol–water partition coefficient (Wildman–Crippen LogP) is 5.37. The minimum absolute atomic E-state index is 0.122. The number of benzene rings is 1. The molecule has 7 heteroatoms. The van der Waals surface area contributed by atoms with E-state index in [0.29, 0.717) is 17.7 Å². The van der Waals surface area contributed by atoms with Crippen molar-refractivity contribution in [3.05, 3.63) is 35.0 Å². The molecule has 140 valence electrons. The first-order valence-electron chi connectivity index (χ1n) is 8.88. The third-order valence-corrected chi connectivity index (χ3v) is 4.52. The summed E-state index contributed by atoms with van der Waals surface area (Å²) in [5, 5.41) is 6.58. The number of unbranched alkanes of at least 4 members (excludes halogenated alkanes) is 1. The lowest BCUT2D eigenvalue weighted by Crippen LogP contribution is -2.13. The van der Waals surface area contributed by atoms with Gasteiger partial charge in [0.15, 0.2) is 5.76 Å². The van der Waals surface area contributed by atoms with Crippen LogP contribution in [-0.4, -0.2) is 11.1 Å². The average Bonchev–Trinajstić information content (AvgIpc) is 3.03. The first-order chi connectivity index (χ1) is 12.4. The van der Waals surface area contributed by atoms with Gasteiger partial charge in [-0.1, -0.05) is 18.5 Å². The van der Waals surface area contributed by atoms with Gasteiger partial charge in [-0.15, -0.1) is 0 Å². The first kappa shape index (κ1) is 18.5. The van der Waals surface area contributed by atoms with E-state index in [9.17, 15) is 18.0 Å². The van der Waals surface area contributed by atoms with Crippen LogP contribution in [0.3, 0.4) is 0 Å². The number of alkyl halides is 3. The number of nitrogens with zero attached hydrogens (tertiary/aromatic N) is 1. The Morgan fingerprint density at radius 3 is 2.73 bits per heavy atom. The molecule has 0 unspecified atom stereocenters. The Kier molecular flexibility index (Phi) is 5.34. The summed E-state index contributed by atoms with van der Waals surface area (Å²) in [4.78, 5) is 11.9. The smallest absolute Gasteiger partial charge is 0.356 e. The van der Waals surface area contributed by atoms with E-state index in [1.807, 2.05) is 6.92 Å². The first-order valence-corrected chi connectivity index (χ1v) is 8.88. The Hall–Kier alpha value is -2.31. The number of halogens is 3. The summed E-state index contributed by atoms with van der Waals surface area (Å²) in [6, 6.07) is 3.53. The molecule has 0 aliphatic heterocycles. The van der Waals surface area contributed by atoms with Crippen molar-refractivity contribution in [3.8, 4) is 11.3 Å². The molecule has 0 saturated carbocycles. The van der Waals surface area contributed by atoms with Crippen molar-refractivity contribution < 1.29 is 22.5 Å². The predicted molar refractivity (Wildman–Crippen MR) is 91.7 cm³/mol. The van der Waals surface area contributed by atoms with Gasteiger partial charge in [0.25, 0.3) is 0 Å². The fraction of sp³-hybridized carbons (Fsp3) is 0.474. The van der Waals surface area contributed by atoms with E-state index < -0.39 is 11.7 Å². The zero-order valence-electron chi connectivity index (χ0n) is 14.6. The van der Waals surface area contributed by atoms with Gasteiger partial charge in [-0.2, -0.15) is 13.2 Å². The van der Waals surface area contributed by atoms with E-state index in [4.69, 9.17) is 4.52 Å². The number of aromatic nitrogens is 1. The highest BCUT2D eigenvalue weighted by molar-refractivity contribution is 5.91. The minimum Gasteiger partial charge on any atom is -0.356 e. The highest BCUT2D eigenvalue weighted by Crippen LogP contribution is 2.38. The molecule has 1 N–H and O–H groups in total. The molecule has 1 heterocycles. The third kappa shape index (κ3) is 4.08. The molecule has 3 rings (SSSR count). The van der Waals surface area contributed by atoms with Crippen molar-refractivity contribution in [3.63, 3.8) is 0 Å². The minimum atomic E-state index is -4.51. The molecule has 2 aromatic rings. The molecule has 1 aliphatic rings. The molecule has 1 aromatic heterocycles. The third-order valence-electron chi connectivity index (χ3n) is 4.52. The van der Waals surface area contributed by atoms with Gasteiger partial charge in [0.1, 0.15) is 0 Å². The van der Waals surface area contributed by atoms with Crippen LogP contribution < -0.4 is 5.32 Å². The van der Waals surface area contributed by atoms with E-state index in [1.165, 1.54) is 6.07 Å². The van der Waals surface area contributed by atoms with Gasteiger partial charge in [-0.05, 0) is 50.3 Å². The van der Waals surface area contributed by atoms with Crippen molar-refractivity contribution in [1.29, 1.82) is 0 Å². The largest absolute Gasteiger partial charge is 0.416 e. The number of amides is 1. The van der Waals surface area contributed by atoms with Crippen LogP contribution in [0.4, 0.5) is 18.9 Å². The highest BCUT2D eigenvalue weighted by atomic mass is 19.4. The van der Waals surface area contributed by atoms with Gasteiger partial charge in [0.05, 0.1) is 11.3 Å². The van der Waals surface area contributed by atoms with Gasteiger partial charge in [0.2, 0.25) is 5.91 Å². The topological polar surface area (TPSA) is 55.1 Å². The number of carbonyl (C=O) groups is 1. The van der Waals surface area contributed by atoms with Gasteiger partial charge in [-0.25, -0.2) is 0 Å². The van der Waals surface area contributed by atoms with Gasteiger partial charge < -0.3 is 9.84 Å². The summed E-state index contributed by atoms with van der Waals surface area (Å²) in [6.45, 7) is 1.95. The lowest BCUT2D eigenvalue weighted by atomic mass is 9.93. The Bertz CT molecular complexity index is 797. The van der Waals surface area contributed by atoms with Crippen molar-refractivity contribution >= 4 is 11.6 Å². The quantitative estimate of drug-likeness (QED) is 0.774. The molecule has 1 amide bonds. The van der Waals surface area contributed by atoms with Gasteiger partial charge >= 0.3 is 6.18 Å². The van der Waals surface area contributed by atoms with Crippen molar-refractivity contribution in [2.24, 2.45) is 0 Å². The molecule has 1 aliphatic carbocycles. The van der Waals surface area contributed by atoms with Crippen LogP contribution in [-0.2, 0) is 23.8 Å². The lowest BCUT2D eigenvalue weighted by Gasteiger charge is -2.14. The fourth-order valence-corrected chi connectivity index (χ4v) is 3.17. The molecule has 0 saturated heterocycles. The number of hydrogen-bond acceptors (Lipinski definition) is 3. The zero-order chi connectivity index (χ0) is 18.7. The van der Waals surface area contributed by atoms with E-state index in [0.717, 1.165) is 55.5 Å². The normalized spacial score (nSPS) is 14.2. The maximum atomic E-state index is 13.3. The van der Waals surface area contributed by atoms with Crippen LogP contribution in [0.2, 0.25) is 0 Å². The van der Waals surface area contributed by atoms with Crippen molar-refractivity contribution in [1.82, 2.24) is 5.16 Å². The second-order valence-corrected chi connectivity index (χ2v) is 6.59. The van der Waals surface area contributed by atoms with Crippen LogP contribution in [0.5, 0.6) is 0 Å². The number of fused-ring (bicyclic) bond motifs is 1. The highest BCUT2D eigenvalue weighted by Gasteiger charge is 2.32. The van der Waals surface area contributed by atoms with Crippen molar-refractivity contribution in [2.75, 3.05) is 5.32 Å². The van der Waals surface area contributed by atoms with E-state index in [2.05, 4.69) is 10.5 Å². The van der Waals surface area contributed by atoms with Crippen LogP contribution in [0, 0.1) is 0 Å². The maximum absolute atomic E-state index is 13.3. The summed E-state index contributed by atoms with van der Waals surface area (Å²) in [5.41, 5.74) is 1.29. The molecule has 0 atom stereocenters. The molecule has 0 spiro atoms. The number of carbonyl (C=O) groups excluding carboxylic acids is 1. The molecular formula is C19H21F3N2O2. The maximum Gasteiger partial charge on any atom is 0.416 e. The Morgan fingerprint density at radius 1 is 1.23 bits per heavy atom. The van der Waals surface area contributed by atoms with Crippen LogP contribution >= 0.6 is 0 Å². The van der Waals surface area contributed by atoms with E-state index in [1.54, 1.807) is 0 Å². The number of nitrogens with one attached hydrogen (secondary N) is 1. The van der Waals surface area contributed by atoms with Crippen LogP contribution in [0.15, 0.2) is 22.7 Å². The van der Waals surface area contributed by atoms with Gasteiger partial charge in [-0.3, -0.25) is 4.79 Å². The molecule has 1 aromatic carbocycles. The monoisotopic (exact) mass is 366 g/mol. The molecule has 26 heavy (non-hydrogen) atoms. The second-order valence-electron chi connectivity index (χ2n) is 6.59. The molecular weight excluding hydrogens is 345 g/mol. The Morgan fingerprint density at radius 2 is 2.00 bits per heavy atom. The van der Waals surface area contributed by atoms with E-state index in [-0.39, 0.29) is 18.0 Å². The summed E-state index contributed by atoms with van der Waals surface area (Å²) < 4.78 is 45.3. The molecule has 0 bridgehead atoms. The fourth-order valence-electron chi connectivity index (χ4n) is 3.17. The molecule has 0 radical (unpaired) electrons. The summed E-state index contributed by atoms with van der Waals surface area (Å²) in [6.07, 6.45) is 0.763. The van der Waals surface area contributed by atoms with Crippen LogP contribution in [0.25, 0.3) is 11.3 Å². The second kappa shape index (κ2) is 7.51. The Balaban J connectivity index is 1.98. The summed E-state index contributed by atoms with van der Waals surface area (Å²) in [5.74, 6) is 0.0755. The molecule has 4 nitrogen and oxygen atoms in total. The van der Waals surface area contributed by atoms with Crippen molar-refractivity contribution in [2.45, 2.75) is 58.0 Å². The van der Waals surface area contributed by atoms with Gasteiger partial charge in [0, 0.05) is 23.2 Å². The zero-order valence-corrected chi connectivity index (χ0v) is 14.6. The number of hydrogen-bond donors (Lipinski definition) is 1.